The van der Waals surface area contributed by atoms with Gasteiger partial charge in [0.05, 0.1) is 5.69 Å². The number of thiazole rings is 1. The lowest BCUT2D eigenvalue weighted by Gasteiger charge is -2.15. The third-order valence-electron chi connectivity index (χ3n) is 5.02. The van der Waals surface area contributed by atoms with Gasteiger partial charge >= 0.3 is 0 Å². The van der Waals surface area contributed by atoms with Crippen molar-refractivity contribution in [1.29, 1.82) is 0 Å². The number of nitrogens with zero attached hydrogens (tertiary/aromatic N) is 2. The molecule has 0 fully saturated rings. The van der Waals surface area contributed by atoms with Gasteiger partial charge in [0.15, 0.2) is 5.13 Å². The van der Waals surface area contributed by atoms with Crippen molar-refractivity contribution in [2.24, 2.45) is 5.92 Å². The van der Waals surface area contributed by atoms with Gasteiger partial charge in [-0.2, -0.15) is 0 Å². The number of hydrogen-bond acceptors (Lipinski definition) is 4. The number of fused-ring (bicyclic) bond motifs is 2. The van der Waals surface area contributed by atoms with Gasteiger partial charge in [-0.15, -0.1) is 11.3 Å². The van der Waals surface area contributed by atoms with Gasteiger partial charge in [0, 0.05) is 29.6 Å². The fourth-order valence-electron chi connectivity index (χ4n) is 3.63. The smallest absolute Gasteiger partial charge is 0.257 e. The molecule has 4 rings (SSSR count). The Bertz CT molecular complexity index is 858. The topological polar surface area (TPSA) is 62.3 Å². The predicted molar refractivity (Wildman–Crippen MR) is 99.4 cm³/mol. The molecule has 1 atom stereocenters. The predicted octanol–water partition coefficient (Wildman–Crippen LogP) is 3.43. The number of aryl methyl sites for hydroxylation is 1. The van der Waals surface area contributed by atoms with Crippen LogP contribution < -0.4 is 10.2 Å². The minimum absolute atomic E-state index is 0.0403. The molecule has 2 amide bonds. The first kappa shape index (κ1) is 16.3. The molecule has 2 heterocycles. The summed E-state index contributed by atoms with van der Waals surface area (Å²) < 4.78 is 0. The van der Waals surface area contributed by atoms with Gasteiger partial charge < -0.3 is 4.90 Å². The molecule has 0 radical (unpaired) electrons. The van der Waals surface area contributed by atoms with E-state index in [1.165, 1.54) is 11.3 Å². The van der Waals surface area contributed by atoms with Crippen molar-refractivity contribution in [3.63, 3.8) is 0 Å². The molecule has 0 saturated heterocycles. The molecule has 25 heavy (non-hydrogen) atoms. The second-order valence-electron chi connectivity index (χ2n) is 6.96. The molecule has 2 aromatic rings. The average Bonchev–Trinajstić information content (AvgIpc) is 3.16. The number of hydrogen-bond donors (Lipinski definition) is 1. The molecule has 5 nitrogen and oxygen atoms in total. The summed E-state index contributed by atoms with van der Waals surface area (Å²) in [6.45, 7) is 4.52. The van der Waals surface area contributed by atoms with Crippen LogP contribution in [0.1, 0.15) is 46.8 Å². The normalized spacial score (nSPS) is 18.6. The maximum atomic E-state index is 12.6. The monoisotopic (exact) mass is 355 g/mol. The Morgan fingerprint density at radius 2 is 2.16 bits per heavy atom. The van der Waals surface area contributed by atoms with Gasteiger partial charge in [0.1, 0.15) is 0 Å². The molecule has 0 bridgehead atoms. The molecule has 130 valence electrons. The van der Waals surface area contributed by atoms with Crippen LogP contribution in [-0.2, 0) is 24.1 Å². The third kappa shape index (κ3) is 3.06. The highest BCUT2D eigenvalue weighted by molar-refractivity contribution is 7.15. The Labute approximate surface area is 151 Å². The first-order valence-electron chi connectivity index (χ1n) is 8.72. The second-order valence-corrected chi connectivity index (χ2v) is 8.04. The van der Waals surface area contributed by atoms with Crippen molar-refractivity contribution < 1.29 is 9.59 Å². The van der Waals surface area contributed by atoms with E-state index in [-0.39, 0.29) is 11.8 Å². The number of carbonyl (C=O) groups is 2. The molecule has 0 saturated carbocycles. The number of carbonyl (C=O) groups excluding carboxylic acids is 2. The second kappa shape index (κ2) is 6.26. The lowest BCUT2D eigenvalue weighted by Crippen LogP contribution is -2.25. The van der Waals surface area contributed by atoms with E-state index < -0.39 is 0 Å². The van der Waals surface area contributed by atoms with Crippen molar-refractivity contribution >= 4 is 34.0 Å². The SMILES string of the molecule is CC(=O)N1CCc2cc(C(=O)Nc3nc4c(s3)C[C@H](C)CC4)ccc21. The number of aromatic nitrogens is 1. The van der Waals surface area contributed by atoms with Crippen LogP contribution in [0.5, 0.6) is 0 Å². The van der Waals surface area contributed by atoms with Gasteiger partial charge in [0.25, 0.3) is 5.91 Å². The van der Waals surface area contributed by atoms with Crippen LogP contribution in [0.15, 0.2) is 18.2 Å². The maximum absolute atomic E-state index is 12.6. The van der Waals surface area contributed by atoms with E-state index in [1.807, 2.05) is 12.1 Å². The molecule has 1 aromatic heterocycles. The van der Waals surface area contributed by atoms with Crippen LogP contribution in [0.4, 0.5) is 10.8 Å². The third-order valence-corrected chi connectivity index (χ3v) is 6.06. The van der Waals surface area contributed by atoms with E-state index in [4.69, 9.17) is 0 Å². The summed E-state index contributed by atoms with van der Waals surface area (Å²) in [5.74, 6) is 0.596. The van der Waals surface area contributed by atoms with E-state index in [1.54, 1.807) is 29.2 Å². The van der Waals surface area contributed by atoms with Gasteiger partial charge in [-0.05, 0) is 55.4 Å². The fourth-order valence-corrected chi connectivity index (χ4v) is 4.80. The van der Waals surface area contributed by atoms with E-state index in [0.717, 1.165) is 36.2 Å². The van der Waals surface area contributed by atoms with Crippen LogP contribution in [0.2, 0.25) is 0 Å². The zero-order valence-corrected chi connectivity index (χ0v) is 15.3. The van der Waals surface area contributed by atoms with Crippen LogP contribution in [0, 0.1) is 5.92 Å². The maximum Gasteiger partial charge on any atom is 0.257 e. The Morgan fingerprint density at radius 1 is 1.32 bits per heavy atom. The van der Waals surface area contributed by atoms with Crippen molar-refractivity contribution in [2.75, 3.05) is 16.8 Å². The Balaban J connectivity index is 1.52. The number of benzene rings is 1. The van der Waals surface area contributed by atoms with E-state index in [0.29, 0.717) is 23.2 Å². The summed E-state index contributed by atoms with van der Waals surface area (Å²) in [7, 11) is 0. The molecular formula is C19H21N3O2S. The van der Waals surface area contributed by atoms with Crippen molar-refractivity contribution in [3.8, 4) is 0 Å². The lowest BCUT2D eigenvalue weighted by atomic mass is 9.93. The highest BCUT2D eigenvalue weighted by Gasteiger charge is 2.24. The standard InChI is InChI=1S/C19H21N3O2S/c1-11-3-5-15-17(9-11)25-19(20-15)21-18(24)14-4-6-16-13(10-14)7-8-22(16)12(2)23/h4,6,10-11H,3,5,7-9H2,1-2H3,(H,20,21,24)/t11-/m1/s1. The van der Waals surface area contributed by atoms with Crippen LogP contribution >= 0.6 is 11.3 Å². The number of rotatable bonds is 2. The molecule has 1 N–H and O–H groups in total. The van der Waals surface area contributed by atoms with Crippen LogP contribution in [0.3, 0.4) is 0 Å². The zero-order valence-electron chi connectivity index (χ0n) is 14.5. The van der Waals surface area contributed by atoms with Crippen molar-refractivity contribution in [1.82, 2.24) is 4.98 Å². The summed E-state index contributed by atoms with van der Waals surface area (Å²) in [6.07, 6.45) is 4.02. The number of amides is 2. The fraction of sp³-hybridized carbons (Fsp3) is 0.421. The summed E-state index contributed by atoms with van der Waals surface area (Å²) in [5.41, 5.74) is 3.73. The van der Waals surface area contributed by atoms with Crippen molar-refractivity contribution in [3.05, 3.63) is 39.9 Å². The largest absolute Gasteiger partial charge is 0.312 e. The van der Waals surface area contributed by atoms with Crippen LogP contribution in [-0.4, -0.2) is 23.3 Å². The van der Waals surface area contributed by atoms with Gasteiger partial charge in [0.2, 0.25) is 5.91 Å². The van der Waals surface area contributed by atoms with E-state index in [9.17, 15) is 9.59 Å². The summed E-state index contributed by atoms with van der Waals surface area (Å²) in [5, 5.41) is 3.63. The number of nitrogens with one attached hydrogen (secondary N) is 1. The quantitative estimate of drug-likeness (QED) is 0.898. The molecule has 2 aliphatic rings. The van der Waals surface area contributed by atoms with E-state index >= 15 is 0 Å². The Morgan fingerprint density at radius 3 is 2.96 bits per heavy atom. The molecular weight excluding hydrogens is 334 g/mol. The highest BCUT2D eigenvalue weighted by atomic mass is 32.1. The van der Waals surface area contributed by atoms with Crippen LogP contribution in [0.25, 0.3) is 0 Å². The first-order valence-corrected chi connectivity index (χ1v) is 9.54. The molecule has 1 aliphatic heterocycles. The molecule has 1 aromatic carbocycles. The molecule has 0 spiro atoms. The summed E-state index contributed by atoms with van der Waals surface area (Å²) in [4.78, 5) is 31.9. The van der Waals surface area contributed by atoms with Gasteiger partial charge in [-0.3, -0.25) is 14.9 Å². The number of anilines is 2. The first-order chi connectivity index (χ1) is 12.0. The molecule has 0 unspecified atom stereocenters. The Kier molecular flexibility index (Phi) is 4.07. The summed E-state index contributed by atoms with van der Waals surface area (Å²) in [6, 6.07) is 5.54. The average molecular weight is 355 g/mol. The minimum Gasteiger partial charge on any atom is -0.312 e. The van der Waals surface area contributed by atoms with E-state index in [2.05, 4.69) is 17.2 Å². The van der Waals surface area contributed by atoms with Gasteiger partial charge in [-0.25, -0.2) is 4.98 Å². The minimum atomic E-state index is -0.136. The van der Waals surface area contributed by atoms with Crippen molar-refractivity contribution in [2.45, 2.75) is 39.5 Å². The zero-order chi connectivity index (χ0) is 17.6. The summed E-state index contributed by atoms with van der Waals surface area (Å²) >= 11 is 1.60. The highest BCUT2D eigenvalue weighted by Crippen LogP contribution is 2.33. The molecule has 6 heteroatoms. The van der Waals surface area contributed by atoms with Gasteiger partial charge in [-0.1, -0.05) is 6.92 Å². The Hall–Kier alpha value is -2.21. The lowest BCUT2D eigenvalue weighted by molar-refractivity contribution is -0.116. The molecule has 1 aliphatic carbocycles.